The molecule has 2 atom stereocenters. The predicted octanol–water partition coefficient (Wildman–Crippen LogP) is 2.13. The molecule has 0 saturated carbocycles. The summed E-state index contributed by atoms with van der Waals surface area (Å²) in [5.41, 5.74) is 0. The molecule has 0 aromatic heterocycles. The lowest BCUT2D eigenvalue weighted by molar-refractivity contribution is 0.0692. The summed E-state index contributed by atoms with van der Waals surface area (Å²) in [5.74, 6) is 0. The van der Waals surface area contributed by atoms with Crippen LogP contribution in [0.3, 0.4) is 0 Å². The van der Waals surface area contributed by atoms with Crippen LogP contribution in [0.15, 0.2) is 12.7 Å². The third kappa shape index (κ3) is 1.55. The van der Waals surface area contributed by atoms with E-state index in [1.165, 1.54) is 12.8 Å². The zero-order chi connectivity index (χ0) is 6.69. The molecule has 1 nitrogen and oxygen atoms in total. The van der Waals surface area contributed by atoms with Crippen LogP contribution >= 0.6 is 0 Å². The third-order valence-electron chi connectivity index (χ3n) is 1.86. The zero-order valence-corrected chi connectivity index (χ0v) is 5.97. The fourth-order valence-corrected chi connectivity index (χ4v) is 1.21. The van der Waals surface area contributed by atoms with Gasteiger partial charge in [0, 0.05) is 0 Å². The van der Waals surface area contributed by atoms with Gasteiger partial charge in [-0.25, -0.2) is 0 Å². The molecule has 0 N–H and O–H groups in total. The van der Waals surface area contributed by atoms with E-state index in [1.54, 1.807) is 0 Å². The molecular weight excluding hydrogens is 112 g/mol. The zero-order valence-electron chi connectivity index (χ0n) is 5.97. The molecular formula is C8H14O. The van der Waals surface area contributed by atoms with Crippen molar-refractivity contribution in [1.29, 1.82) is 0 Å². The van der Waals surface area contributed by atoms with E-state index in [2.05, 4.69) is 13.5 Å². The Morgan fingerprint density at radius 1 is 1.67 bits per heavy atom. The van der Waals surface area contributed by atoms with E-state index >= 15 is 0 Å². The van der Waals surface area contributed by atoms with Crippen LogP contribution in [0.25, 0.3) is 0 Å². The van der Waals surface area contributed by atoms with Crippen LogP contribution in [0.1, 0.15) is 26.2 Å². The maximum Gasteiger partial charge on any atom is 0.0757 e. The van der Waals surface area contributed by atoms with E-state index in [4.69, 9.17) is 4.74 Å². The number of hydrogen-bond acceptors (Lipinski definition) is 1. The Labute approximate surface area is 56.7 Å². The molecule has 0 aliphatic carbocycles. The minimum absolute atomic E-state index is 0.343. The van der Waals surface area contributed by atoms with Gasteiger partial charge < -0.3 is 4.74 Å². The first-order valence-corrected chi connectivity index (χ1v) is 3.64. The summed E-state index contributed by atoms with van der Waals surface area (Å²) in [5, 5.41) is 0. The van der Waals surface area contributed by atoms with E-state index < -0.39 is 0 Å². The first kappa shape index (κ1) is 6.81. The Morgan fingerprint density at radius 3 is 2.78 bits per heavy atom. The van der Waals surface area contributed by atoms with Gasteiger partial charge in [-0.05, 0) is 19.3 Å². The summed E-state index contributed by atoms with van der Waals surface area (Å²) in [4.78, 5) is 0. The Balaban J connectivity index is 2.28. The highest BCUT2D eigenvalue weighted by molar-refractivity contribution is 4.85. The van der Waals surface area contributed by atoms with E-state index in [9.17, 15) is 0 Å². The monoisotopic (exact) mass is 126 g/mol. The average molecular weight is 126 g/mol. The van der Waals surface area contributed by atoms with Crippen molar-refractivity contribution in [2.24, 2.45) is 0 Å². The molecule has 9 heavy (non-hydrogen) atoms. The van der Waals surface area contributed by atoms with Crippen molar-refractivity contribution < 1.29 is 4.74 Å². The second-order valence-electron chi connectivity index (χ2n) is 2.52. The van der Waals surface area contributed by atoms with Crippen LogP contribution < -0.4 is 0 Å². The normalized spacial score (nSPS) is 34.8. The molecule has 1 aliphatic rings. The van der Waals surface area contributed by atoms with Crippen LogP contribution in [-0.2, 0) is 4.74 Å². The van der Waals surface area contributed by atoms with Gasteiger partial charge in [0.2, 0.25) is 0 Å². The molecule has 52 valence electrons. The molecule has 1 heteroatoms. The van der Waals surface area contributed by atoms with Crippen molar-refractivity contribution in [3.05, 3.63) is 12.7 Å². The van der Waals surface area contributed by atoms with Gasteiger partial charge in [0.15, 0.2) is 0 Å². The van der Waals surface area contributed by atoms with E-state index in [0.717, 1.165) is 6.42 Å². The number of hydrogen-bond donors (Lipinski definition) is 0. The van der Waals surface area contributed by atoms with Gasteiger partial charge >= 0.3 is 0 Å². The molecule has 1 heterocycles. The quantitative estimate of drug-likeness (QED) is 0.515. The molecule has 0 amide bonds. The summed E-state index contributed by atoms with van der Waals surface area (Å²) in [6, 6.07) is 0. The highest BCUT2D eigenvalue weighted by Gasteiger charge is 2.20. The molecule has 1 aliphatic heterocycles. The van der Waals surface area contributed by atoms with Crippen LogP contribution in [0.5, 0.6) is 0 Å². The number of ether oxygens (including phenoxy) is 1. The van der Waals surface area contributed by atoms with Gasteiger partial charge in [-0.3, -0.25) is 0 Å². The summed E-state index contributed by atoms with van der Waals surface area (Å²) >= 11 is 0. The van der Waals surface area contributed by atoms with Crippen LogP contribution in [0.2, 0.25) is 0 Å². The van der Waals surface area contributed by atoms with Gasteiger partial charge in [0.05, 0.1) is 12.2 Å². The van der Waals surface area contributed by atoms with Crippen molar-refractivity contribution in [1.82, 2.24) is 0 Å². The second-order valence-corrected chi connectivity index (χ2v) is 2.52. The van der Waals surface area contributed by atoms with Gasteiger partial charge in [0.25, 0.3) is 0 Å². The van der Waals surface area contributed by atoms with Crippen molar-refractivity contribution in [2.75, 3.05) is 0 Å². The molecule has 1 saturated heterocycles. The topological polar surface area (TPSA) is 9.23 Å². The maximum atomic E-state index is 5.54. The SMILES string of the molecule is C=C[C@@H]1CC[C@H](CC)O1. The van der Waals surface area contributed by atoms with Gasteiger partial charge in [-0.2, -0.15) is 0 Å². The minimum Gasteiger partial charge on any atom is -0.371 e. The highest BCUT2D eigenvalue weighted by Crippen LogP contribution is 2.21. The molecule has 0 spiro atoms. The Bertz CT molecular complexity index is 98.7. The van der Waals surface area contributed by atoms with E-state index in [0.29, 0.717) is 12.2 Å². The molecule has 0 aromatic carbocycles. The largest absolute Gasteiger partial charge is 0.371 e. The lowest BCUT2D eigenvalue weighted by atomic mass is 10.2. The van der Waals surface area contributed by atoms with Crippen molar-refractivity contribution >= 4 is 0 Å². The number of rotatable bonds is 2. The van der Waals surface area contributed by atoms with Gasteiger partial charge in [-0.1, -0.05) is 13.0 Å². The van der Waals surface area contributed by atoms with Crippen molar-refractivity contribution in [3.63, 3.8) is 0 Å². The summed E-state index contributed by atoms with van der Waals surface area (Å²) in [6.45, 7) is 5.85. The second kappa shape index (κ2) is 3.02. The maximum absolute atomic E-state index is 5.54. The first-order valence-electron chi connectivity index (χ1n) is 3.64. The minimum atomic E-state index is 0.343. The smallest absolute Gasteiger partial charge is 0.0757 e. The lowest BCUT2D eigenvalue weighted by Crippen LogP contribution is -2.06. The Kier molecular flexibility index (Phi) is 2.29. The molecule has 0 radical (unpaired) electrons. The molecule has 0 aromatic rings. The molecule has 0 unspecified atom stereocenters. The van der Waals surface area contributed by atoms with E-state index in [-0.39, 0.29) is 0 Å². The summed E-state index contributed by atoms with van der Waals surface area (Å²) in [6.07, 6.45) is 6.28. The van der Waals surface area contributed by atoms with Gasteiger partial charge in [-0.15, -0.1) is 6.58 Å². The standard InChI is InChI=1S/C8H14O/c1-3-7-5-6-8(4-2)9-7/h3,7-8H,1,4-6H2,2H3/t7-,8+/m1/s1. The third-order valence-corrected chi connectivity index (χ3v) is 1.86. The van der Waals surface area contributed by atoms with Gasteiger partial charge in [0.1, 0.15) is 0 Å². The summed E-state index contributed by atoms with van der Waals surface area (Å²) in [7, 11) is 0. The van der Waals surface area contributed by atoms with Crippen LogP contribution in [0.4, 0.5) is 0 Å². The Morgan fingerprint density at radius 2 is 2.44 bits per heavy atom. The lowest BCUT2D eigenvalue weighted by Gasteiger charge is -2.06. The van der Waals surface area contributed by atoms with Crippen molar-refractivity contribution in [2.45, 2.75) is 38.4 Å². The molecule has 0 bridgehead atoms. The van der Waals surface area contributed by atoms with Crippen molar-refractivity contribution in [3.8, 4) is 0 Å². The van der Waals surface area contributed by atoms with Crippen LogP contribution in [-0.4, -0.2) is 12.2 Å². The average Bonchev–Trinajstić information content (AvgIpc) is 2.34. The summed E-state index contributed by atoms with van der Waals surface area (Å²) < 4.78 is 5.54. The molecule has 1 rings (SSSR count). The van der Waals surface area contributed by atoms with Crippen LogP contribution in [0, 0.1) is 0 Å². The first-order chi connectivity index (χ1) is 4.36. The molecule has 1 fully saturated rings. The predicted molar refractivity (Wildman–Crippen MR) is 38.4 cm³/mol. The fraction of sp³-hybridized carbons (Fsp3) is 0.750. The Hall–Kier alpha value is -0.300. The highest BCUT2D eigenvalue weighted by atomic mass is 16.5. The fourth-order valence-electron chi connectivity index (χ4n) is 1.21. The van der Waals surface area contributed by atoms with E-state index in [1.807, 2.05) is 6.08 Å².